The molecule has 0 N–H and O–H groups in total. The van der Waals surface area contributed by atoms with Crippen LogP contribution in [0.5, 0.6) is 11.5 Å². The third-order valence-electron chi connectivity index (χ3n) is 3.26. The van der Waals surface area contributed by atoms with Gasteiger partial charge in [0.25, 0.3) is 0 Å². The van der Waals surface area contributed by atoms with Crippen LogP contribution in [-0.2, 0) is 0 Å². The van der Waals surface area contributed by atoms with Crippen LogP contribution in [0.3, 0.4) is 0 Å². The predicted molar refractivity (Wildman–Crippen MR) is 71.8 cm³/mol. The molecule has 1 aliphatic rings. The van der Waals surface area contributed by atoms with Crippen molar-refractivity contribution in [2.75, 3.05) is 6.61 Å². The molecule has 2 aromatic carbocycles. The number of carbonyl (C=O) groups excluding carboxylic acids is 1. The van der Waals surface area contributed by atoms with Crippen LogP contribution in [0.25, 0.3) is 0 Å². The van der Waals surface area contributed by atoms with Gasteiger partial charge in [-0.05, 0) is 30.7 Å². The molecule has 4 heteroatoms. The molecule has 0 aliphatic carbocycles. The average Bonchev–Trinajstić information content (AvgIpc) is 2.49. The van der Waals surface area contributed by atoms with Crippen molar-refractivity contribution < 1.29 is 18.7 Å². The van der Waals surface area contributed by atoms with Crippen LogP contribution >= 0.6 is 0 Å². The van der Waals surface area contributed by atoms with Crippen LogP contribution in [0.1, 0.15) is 15.9 Å². The summed E-state index contributed by atoms with van der Waals surface area (Å²) in [5, 5.41) is 0. The summed E-state index contributed by atoms with van der Waals surface area (Å²) in [6.45, 7) is 1.78. The van der Waals surface area contributed by atoms with Gasteiger partial charge in [-0.3, -0.25) is 4.79 Å². The summed E-state index contributed by atoms with van der Waals surface area (Å²) in [7, 11) is 0. The van der Waals surface area contributed by atoms with Gasteiger partial charge in [-0.15, -0.1) is 0 Å². The van der Waals surface area contributed by atoms with Gasteiger partial charge in [0.1, 0.15) is 12.4 Å². The van der Waals surface area contributed by atoms with E-state index in [1.165, 1.54) is 6.07 Å². The molecule has 1 atom stereocenters. The number of hydrogen-bond donors (Lipinski definition) is 0. The molecule has 102 valence electrons. The summed E-state index contributed by atoms with van der Waals surface area (Å²) in [6, 6.07) is 11.6. The lowest BCUT2D eigenvalue weighted by molar-refractivity contribution is 0.0585. The van der Waals surface area contributed by atoms with Crippen molar-refractivity contribution >= 4 is 5.78 Å². The lowest BCUT2D eigenvalue weighted by atomic mass is 10.0. The van der Waals surface area contributed by atoms with Crippen LogP contribution in [0.2, 0.25) is 0 Å². The minimum atomic E-state index is -0.744. The lowest BCUT2D eigenvalue weighted by Gasteiger charge is -2.25. The maximum absolute atomic E-state index is 13.5. The van der Waals surface area contributed by atoms with Gasteiger partial charge in [0.15, 0.2) is 17.6 Å². The Bertz CT molecular complexity index is 667. The van der Waals surface area contributed by atoms with E-state index < -0.39 is 11.9 Å². The SMILES string of the molecule is Cc1ccc(C(=O)C2COc3ccccc3O2)cc1F. The summed E-state index contributed by atoms with van der Waals surface area (Å²) in [5.41, 5.74) is 0.800. The second-order valence-corrected chi connectivity index (χ2v) is 4.69. The maximum Gasteiger partial charge on any atom is 0.206 e. The van der Waals surface area contributed by atoms with Gasteiger partial charge < -0.3 is 9.47 Å². The Balaban J connectivity index is 1.84. The molecule has 0 aromatic heterocycles. The summed E-state index contributed by atoms with van der Waals surface area (Å²) >= 11 is 0. The largest absolute Gasteiger partial charge is 0.485 e. The van der Waals surface area contributed by atoms with E-state index in [1.54, 1.807) is 37.3 Å². The van der Waals surface area contributed by atoms with Crippen LogP contribution < -0.4 is 9.47 Å². The van der Waals surface area contributed by atoms with Gasteiger partial charge in [-0.25, -0.2) is 4.39 Å². The summed E-state index contributed by atoms with van der Waals surface area (Å²) in [5.74, 6) is 0.475. The molecule has 0 bridgehead atoms. The molecule has 0 saturated carbocycles. The Morgan fingerprint density at radius 3 is 2.70 bits per heavy atom. The summed E-state index contributed by atoms with van der Waals surface area (Å²) in [4.78, 5) is 12.3. The van der Waals surface area contributed by atoms with E-state index >= 15 is 0 Å². The van der Waals surface area contributed by atoms with Crippen LogP contribution in [0.4, 0.5) is 4.39 Å². The highest BCUT2D eigenvalue weighted by atomic mass is 19.1. The molecule has 0 fully saturated rings. The standard InChI is InChI=1S/C16H13FO3/c1-10-6-7-11(8-12(10)17)16(18)15-9-19-13-4-2-3-5-14(13)20-15/h2-8,15H,9H2,1H3. The Morgan fingerprint density at radius 1 is 1.20 bits per heavy atom. The van der Waals surface area contributed by atoms with Gasteiger partial charge in [0.2, 0.25) is 5.78 Å². The first-order valence-corrected chi connectivity index (χ1v) is 6.34. The third-order valence-corrected chi connectivity index (χ3v) is 3.26. The minimum Gasteiger partial charge on any atom is -0.485 e. The number of aryl methyl sites for hydroxylation is 1. The monoisotopic (exact) mass is 272 g/mol. The lowest BCUT2D eigenvalue weighted by Crippen LogP contribution is -2.36. The predicted octanol–water partition coefficient (Wildman–Crippen LogP) is 3.16. The number of ketones is 1. The van der Waals surface area contributed by atoms with Crippen molar-refractivity contribution in [3.8, 4) is 11.5 Å². The number of ether oxygens (including phenoxy) is 2. The molecular weight excluding hydrogens is 259 g/mol. The van der Waals surface area contributed by atoms with Crippen molar-refractivity contribution in [2.24, 2.45) is 0 Å². The van der Waals surface area contributed by atoms with Gasteiger partial charge in [-0.1, -0.05) is 24.3 Å². The van der Waals surface area contributed by atoms with Gasteiger partial charge in [0.05, 0.1) is 0 Å². The zero-order valence-corrected chi connectivity index (χ0v) is 10.9. The second-order valence-electron chi connectivity index (χ2n) is 4.69. The molecule has 1 aliphatic heterocycles. The van der Waals surface area contributed by atoms with Crippen LogP contribution in [-0.4, -0.2) is 18.5 Å². The summed E-state index contributed by atoms with van der Waals surface area (Å²) < 4.78 is 24.6. The molecule has 20 heavy (non-hydrogen) atoms. The highest BCUT2D eigenvalue weighted by molar-refractivity contribution is 6.00. The number of rotatable bonds is 2. The van der Waals surface area contributed by atoms with E-state index in [-0.39, 0.29) is 12.4 Å². The molecule has 0 spiro atoms. The van der Waals surface area contributed by atoms with E-state index in [0.717, 1.165) is 0 Å². The normalized spacial score (nSPS) is 16.8. The molecule has 3 rings (SSSR count). The molecule has 1 unspecified atom stereocenters. The number of benzene rings is 2. The topological polar surface area (TPSA) is 35.5 Å². The van der Waals surface area contributed by atoms with E-state index in [0.29, 0.717) is 22.6 Å². The minimum absolute atomic E-state index is 0.130. The summed E-state index contributed by atoms with van der Waals surface area (Å²) in [6.07, 6.45) is -0.744. The highest BCUT2D eigenvalue weighted by Gasteiger charge is 2.28. The van der Waals surface area contributed by atoms with E-state index in [1.807, 2.05) is 6.07 Å². The fourth-order valence-corrected chi connectivity index (χ4v) is 2.08. The molecular formula is C16H13FO3. The van der Waals surface area contributed by atoms with Crippen molar-refractivity contribution in [3.63, 3.8) is 0 Å². The van der Waals surface area contributed by atoms with Crippen LogP contribution in [0, 0.1) is 12.7 Å². The molecule has 2 aromatic rings. The third kappa shape index (κ3) is 2.25. The zero-order chi connectivity index (χ0) is 14.1. The number of para-hydroxylation sites is 2. The maximum atomic E-state index is 13.5. The van der Waals surface area contributed by atoms with Crippen molar-refractivity contribution in [1.82, 2.24) is 0 Å². The second kappa shape index (κ2) is 4.96. The fourth-order valence-electron chi connectivity index (χ4n) is 2.08. The van der Waals surface area contributed by atoms with Crippen molar-refractivity contribution in [1.29, 1.82) is 0 Å². The highest BCUT2D eigenvalue weighted by Crippen LogP contribution is 2.31. The first-order valence-electron chi connectivity index (χ1n) is 6.34. The van der Waals surface area contributed by atoms with E-state index in [9.17, 15) is 9.18 Å². The Kier molecular flexibility index (Phi) is 3.14. The first-order chi connectivity index (χ1) is 9.65. The van der Waals surface area contributed by atoms with E-state index in [4.69, 9.17) is 9.47 Å². The zero-order valence-electron chi connectivity index (χ0n) is 10.9. The van der Waals surface area contributed by atoms with Gasteiger partial charge in [0, 0.05) is 5.56 Å². The first kappa shape index (κ1) is 12.7. The van der Waals surface area contributed by atoms with Crippen molar-refractivity contribution in [2.45, 2.75) is 13.0 Å². The molecule has 0 amide bonds. The van der Waals surface area contributed by atoms with Gasteiger partial charge in [-0.2, -0.15) is 0 Å². The quantitative estimate of drug-likeness (QED) is 0.788. The molecule has 1 heterocycles. The molecule has 0 saturated heterocycles. The van der Waals surface area contributed by atoms with Crippen molar-refractivity contribution in [3.05, 3.63) is 59.4 Å². The number of halogens is 1. The number of hydrogen-bond acceptors (Lipinski definition) is 3. The fraction of sp³-hybridized carbons (Fsp3) is 0.188. The van der Waals surface area contributed by atoms with E-state index in [2.05, 4.69) is 0 Å². The number of Topliss-reactive ketones (excluding diaryl/α,β-unsaturated/α-hetero) is 1. The Hall–Kier alpha value is -2.36. The van der Waals surface area contributed by atoms with Gasteiger partial charge >= 0.3 is 0 Å². The average molecular weight is 272 g/mol. The molecule has 0 radical (unpaired) electrons. The Labute approximate surface area is 115 Å². The van der Waals surface area contributed by atoms with Crippen LogP contribution in [0.15, 0.2) is 42.5 Å². The molecule has 3 nitrogen and oxygen atoms in total. The Morgan fingerprint density at radius 2 is 1.95 bits per heavy atom. The number of fused-ring (bicyclic) bond motifs is 1. The smallest absolute Gasteiger partial charge is 0.206 e. The number of carbonyl (C=O) groups is 1.